The predicted molar refractivity (Wildman–Crippen MR) is 86.1 cm³/mol. The van der Waals surface area contributed by atoms with Crippen molar-refractivity contribution in [3.05, 3.63) is 35.9 Å². The van der Waals surface area contributed by atoms with Gasteiger partial charge in [0.2, 0.25) is 0 Å². The summed E-state index contributed by atoms with van der Waals surface area (Å²) < 4.78 is 42.7. The van der Waals surface area contributed by atoms with Crippen molar-refractivity contribution in [2.45, 2.75) is 18.4 Å². The van der Waals surface area contributed by atoms with Crippen LogP contribution in [0.5, 0.6) is 0 Å². The van der Waals surface area contributed by atoms with E-state index in [-0.39, 0.29) is 32.9 Å². The number of aryl methyl sites for hydroxylation is 1. The first-order valence-corrected chi connectivity index (χ1v) is 8.41. The van der Waals surface area contributed by atoms with Crippen LogP contribution in [0.25, 0.3) is 10.9 Å². The molecule has 0 aliphatic heterocycles. The Labute approximate surface area is 136 Å². The van der Waals surface area contributed by atoms with Crippen molar-refractivity contribution in [1.29, 1.82) is 5.26 Å². The second-order valence-corrected chi connectivity index (χ2v) is 6.63. The average molecular weight is 348 g/mol. The molecule has 124 valence electrons. The second-order valence-electron chi connectivity index (χ2n) is 4.97. The molecule has 0 aliphatic rings. The van der Waals surface area contributed by atoms with Gasteiger partial charge in [-0.05, 0) is 19.1 Å². The third-order valence-electron chi connectivity index (χ3n) is 3.58. The van der Waals surface area contributed by atoms with Crippen molar-refractivity contribution in [3.63, 3.8) is 0 Å². The minimum absolute atomic E-state index is 0.00700. The fraction of sp³-hybridized carbons (Fsp3) is 0.143. The Hall–Kier alpha value is -3.06. The van der Waals surface area contributed by atoms with Crippen molar-refractivity contribution in [2.75, 3.05) is 10.5 Å². The number of fused-ring (bicyclic) bond motifs is 1. The SMILES string of the molecule is CCn1ncc(S(=O)(=O)Nc2ccc(F)c3c(C#N)c[nH]c23)c1N. The maximum absolute atomic E-state index is 13.9. The molecule has 0 amide bonds. The molecular formula is C14H13FN6O2S. The van der Waals surface area contributed by atoms with Crippen LogP contribution in [0.15, 0.2) is 29.4 Å². The molecule has 0 fully saturated rings. The van der Waals surface area contributed by atoms with E-state index in [1.165, 1.54) is 16.9 Å². The normalized spacial score (nSPS) is 11.5. The number of nitrogens with two attached hydrogens (primary N) is 1. The highest BCUT2D eigenvalue weighted by Crippen LogP contribution is 2.30. The fourth-order valence-electron chi connectivity index (χ4n) is 2.42. The molecule has 8 nitrogen and oxygen atoms in total. The van der Waals surface area contributed by atoms with Gasteiger partial charge >= 0.3 is 0 Å². The first-order chi connectivity index (χ1) is 11.4. The fourth-order valence-corrected chi connectivity index (χ4v) is 3.55. The lowest BCUT2D eigenvalue weighted by molar-refractivity contribution is 0.601. The Balaban J connectivity index is 2.10. The zero-order valence-electron chi connectivity index (χ0n) is 12.5. The van der Waals surface area contributed by atoms with E-state index in [1.54, 1.807) is 6.92 Å². The Kier molecular flexibility index (Phi) is 3.65. The number of anilines is 2. The average Bonchev–Trinajstić information content (AvgIpc) is 3.14. The van der Waals surface area contributed by atoms with Crippen LogP contribution in [-0.4, -0.2) is 23.2 Å². The van der Waals surface area contributed by atoms with E-state index < -0.39 is 15.8 Å². The van der Waals surface area contributed by atoms with E-state index >= 15 is 0 Å². The van der Waals surface area contributed by atoms with Gasteiger partial charge in [0.1, 0.15) is 22.6 Å². The molecule has 0 saturated heterocycles. The van der Waals surface area contributed by atoms with E-state index in [4.69, 9.17) is 11.0 Å². The summed E-state index contributed by atoms with van der Waals surface area (Å²) in [6.07, 6.45) is 2.46. The zero-order valence-corrected chi connectivity index (χ0v) is 13.4. The van der Waals surface area contributed by atoms with E-state index in [2.05, 4.69) is 14.8 Å². The molecule has 0 aliphatic carbocycles. The number of hydrogen-bond acceptors (Lipinski definition) is 5. The lowest BCUT2D eigenvalue weighted by Gasteiger charge is -2.09. The van der Waals surface area contributed by atoms with E-state index in [1.807, 2.05) is 6.07 Å². The number of sulfonamides is 1. The molecule has 2 heterocycles. The van der Waals surface area contributed by atoms with E-state index in [0.29, 0.717) is 6.54 Å². The van der Waals surface area contributed by atoms with Gasteiger partial charge in [0.25, 0.3) is 10.0 Å². The number of nitrogens with one attached hydrogen (secondary N) is 2. The molecule has 0 spiro atoms. The van der Waals surface area contributed by atoms with Crippen molar-refractivity contribution in [2.24, 2.45) is 0 Å². The molecule has 0 bridgehead atoms. The van der Waals surface area contributed by atoms with Gasteiger partial charge in [-0.3, -0.25) is 4.72 Å². The van der Waals surface area contributed by atoms with Crippen molar-refractivity contribution in [3.8, 4) is 6.07 Å². The number of aromatic nitrogens is 3. The highest BCUT2D eigenvalue weighted by atomic mass is 32.2. The summed E-state index contributed by atoms with van der Waals surface area (Å²) in [5.41, 5.74) is 6.16. The van der Waals surface area contributed by atoms with Gasteiger partial charge in [0.15, 0.2) is 0 Å². The van der Waals surface area contributed by atoms with Gasteiger partial charge in [-0.2, -0.15) is 10.4 Å². The molecule has 3 rings (SSSR count). The van der Waals surface area contributed by atoms with Crippen LogP contribution in [0.2, 0.25) is 0 Å². The van der Waals surface area contributed by atoms with Gasteiger partial charge in [0, 0.05) is 12.7 Å². The maximum Gasteiger partial charge on any atom is 0.267 e. The smallest absolute Gasteiger partial charge is 0.267 e. The number of nitrogens with zero attached hydrogens (tertiary/aromatic N) is 3. The van der Waals surface area contributed by atoms with Crippen LogP contribution in [-0.2, 0) is 16.6 Å². The van der Waals surface area contributed by atoms with Gasteiger partial charge in [-0.1, -0.05) is 0 Å². The standard InChI is InChI=1S/C14H13FN6O2S/c1-2-21-14(17)11(7-19-21)24(22,23)20-10-4-3-9(15)12-8(5-16)6-18-13(10)12/h3-4,6-7,18,20H,2,17H2,1H3. The summed E-state index contributed by atoms with van der Waals surface area (Å²) in [4.78, 5) is 2.54. The predicted octanol–water partition coefficient (Wildman–Crippen LogP) is 1.78. The van der Waals surface area contributed by atoms with Gasteiger partial charge in [0.05, 0.1) is 28.4 Å². The molecule has 10 heteroatoms. The minimum atomic E-state index is -4.02. The van der Waals surface area contributed by atoms with Crippen LogP contribution in [0.3, 0.4) is 0 Å². The molecule has 3 aromatic rings. The summed E-state index contributed by atoms with van der Waals surface area (Å²) in [5, 5.41) is 12.9. The molecule has 1 aromatic carbocycles. The van der Waals surface area contributed by atoms with Gasteiger partial charge in [-0.25, -0.2) is 17.5 Å². The Morgan fingerprint density at radius 2 is 2.25 bits per heavy atom. The number of halogens is 1. The van der Waals surface area contributed by atoms with Crippen molar-refractivity contribution < 1.29 is 12.8 Å². The molecule has 24 heavy (non-hydrogen) atoms. The Bertz CT molecular complexity index is 1080. The topological polar surface area (TPSA) is 130 Å². The van der Waals surface area contributed by atoms with Crippen LogP contribution >= 0.6 is 0 Å². The van der Waals surface area contributed by atoms with Crippen LogP contribution < -0.4 is 10.5 Å². The lowest BCUT2D eigenvalue weighted by Crippen LogP contribution is -2.15. The number of nitrogen functional groups attached to an aromatic ring is 1. The van der Waals surface area contributed by atoms with Crippen LogP contribution in [0, 0.1) is 17.1 Å². The Morgan fingerprint density at radius 3 is 2.88 bits per heavy atom. The number of benzene rings is 1. The first-order valence-electron chi connectivity index (χ1n) is 6.92. The summed E-state index contributed by atoms with van der Waals surface area (Å²) in [6.45, 7) is 2.20. The first kappa shape index (κ1) is 15.8. The number of aromatic amines is 1. The molecule has 0 unspecified atom stereocenters. The van der Waals surface area contributed by atoms with E-state index in [0.717, 1.165) is 12.3 Å². The maximum atomic E-state index is 13.9. The summed E-state index contributed by atoms with van der Waals surface area (Å²) in [6, 6.07) is 4.21. The lowest BCUT2D eigenvalue weighted by atomic mass is 10.1. The molecule has 0 saturated carbocycles. The zero-order chi connectivity index (χ0) is 17.5. The summed E-state index contributed by atoms with van der Waals surface area (Å²) >= 11 is 0. The molecule has 0 atom stereocenters. The number of H-pyrrole nitrogens is 1. The summed E-state index contributed by atoms with van der Waals surface area (Å²) in [5.74, 6) is -0.614. The molecule has 4 N–H and O–H groups in total. The Morgan fingerprint density at radius 1 is 1.50 bits per heavy atom. The van der Waals surface area contributed by atoms with Crippen molar-refractivity contribution >= 4 is 32.4 Å². The number of rotatable bonds is 4. The molecule has 0 radical (unpaired) electrons. The second kappa shape index (κ2) is 5.54. The molecule has 2 aromatic heterocycles. The minimum Gasteiger partial charge on any atom is -0.383 e. The van der Waals surface area contributed by atoms with E-state index in [9.17, 15) is 12.8 Å². The highest BCUT2D eigenvalue weighted by molar-refractivity contribution is 7.92. The quantitative estimate of drug-likeness (QED) is 0.661. The number of hydrogen-bond donors (Lipinski definition) is 3. The van der Waals surface area contributed by atoms with Gasteiger partial charge in [-0.15, -0.1) is 0 Å². The van der Waals surface area contributed by atoms with Crippen LogP contribution in [0.1, 0.15) is 12.5 Å². The number of nitriles is 1. The molecular weight excluding hydrogens is 335 g/mol. The van der Waals surface area contributed by atoms with Crippen molar-refractivity contribution in [1.82, 2.24) is 14.8 Å². The summed E-state index contributed by atoms with van der Waals surface area (Å²) in [7, 11) is -4.02. The van der Waals surface area contributed by atoms with Gasteiger partial charge < -0.3 is 10.7 Å². The van der Waals surface area contributed by atoms with Crippen LogP contribution in [0.4, 0.5) is 15.9 Å². The third-order valence-corrected chi connectivity index (χ3v) is 4.97. The highest BCUT2D eigenvalue weighted by Gasteiger charge is 2.23. The third kappa shape index (κ3) is 2.35. The monoisotopic (exact) mass is 348 g/mol. The largest absolute Gasteiger partial charge is 0.383 e.